The minimum absolute atomic E-state index is 0.0182. The van der Waals surface area contributed by atoms with Gasteiger partial charge >= 0.3 is 6.09 Å². The van der Waals surface area contributed by atoms with E-state index in [1.165, 1.54) is 0 Å². The van der Waals surface area contributed by atoms with E-state index in [9.17, 15) is 9.59 Å². The molecule has 2 fully saturated rings. The van der Waals surface area contributed by atoms with Gasteiger partial charge in [-0.15, -0.1) is 0 Å². The lowest BCUT2D eigenvalue weighted by Crippen LogP contribution is -2.73. The second-order valence-electron chi connectivity index (χ2n) is 10.2. The van der Waals surface area contributed by atoms with E-state index >= 15 is 0 Å². The Morgan fingerprint density at radius 2 is 1.65 bits per heavy atom. The van der Waals surface area contributed by atoms with Crippen LogP contribution in [0, 0.1) is 5.41 Å². The summed E-state index contributed by atoms with van der Waals surface area (Å²) in [5.41, 5.74) is 2.54. The molecule has 2 aromatic carbocycles. The van der Waals surface area contributed by atoms with Crippen molar-refractivity contribution in [1.82, 2.24) is 14.8 Å². The molecule has 3 heterocycles. The van der Waals surface area contributed by atoms with E-state index in [0.29, 0.717) is 41.8 Å². The summed E-state index contributed by atoms with van der Waals surface area (Å²) in [7, 11) is 0. The van der Waals surface area contributed by atoms with E-state index in [1.807, 2.05) is 45.0 Å². The highest BCUT2D eigenvalue weighted by molar-refractivity contribution is 6.35. The summed E-state index contributed by atoms with van der Waals surface area (Å²) in [5, 5.41) is 2.03. The Hall–Kier alpha value is -2.83. The summed E-state index contributed by atoms with van der Waals surface area (Å²) in [6.45, 7) is 8.05. The van der Waals surface area contributed by atoms with E-state index in [1.54, 1.807) is 34.2 Å². The number of nitrogens with zero attached hydrogens (tertiary/aromatic N) is 3. The fourth-order valence-electron chi connectivity index (χ4n) is 4.67. The third-order valence-corrected chi connectivity index (χ3v) is 6.90. The number of rotatable bonds is 2. The van der Waals surface area contributed by atoms with Gasteiger partial charge in [-0.2, -0.15) is 0 Å². The summed E-state index contributed by atoms with van der Waals surface area (Å²) in [4.78, 5) is 33.1. The van der Waals surface area contributed by atoms with Crippen LogP contribution in [0.1, 0.15) is 31.1 Å². The van der Waals surface area contributed by atoms with E-state index < -0.39 is 5.60 Å². The SMILES string of the molecule is CC(C)(C)OC(=O)N1CC2(C1)CN(C(=O)c1ccc(-c3ccc4c(Cl)ccnc4c3)c(Cl)c1)C2. The molecular weight excluding hydrogens is 473 g/mol. The number of carbonyl (C=O) groups is 2. The van der Waals surface area contributed by atoms with Crippen LogP contribution < -0.4 is 0 Å². The second kappa shape index (κ2) is 8.14. The number of carbonyl (C=O) groups excluding carboxylic acids is 2. The van der Waals surface area contributed by atoms with E-state index in [0.717, 1.165) is 22.0 Å². The molecule has 0 unspecified atom stereocenters. The maximum absolute atomic E-state index is 13.0. The molecule has 2 saturated heterocycles. The van der Waals surface area contributed by atoms with E-state index in [-0.39, 0.29) is 17.4 Å². The van der Waals surface area contributed by atoms with Crippen molar-refractivity contribution in [2.45, 2.75) is 26.4 Å². The molecule has 1 spiro atoms. The van der Waals surface area contributed by atoms with Gasteiger partial charge in [0.05, 0.1) is 10.5 Å². The highest BCUT2D eigenvalue weighted by Gasteiger charge is 2.55. The topological polar surface area (TPSA) is 62.7 Å². The summed E-state index contributed by atoms with van der Waals surface area (Å²) in [6, 6.07) is 13.0. The minimum Gasteiger partial charge on any atom is -0.444 e. The Morgan fingerprint density at radius 1 is 0.941 bits per heavy atom. The van der Waals surface area contributed by atoms with Gasteiger partial charge in [-0.05, 0) is 50.6 Å². The number of fused-ring (bicyclic) bond motifs is 1. The maximum Gasteiger partial charge on any atom is 0.410 e. The van der Waals surface area contributed by atoms with Crippen LogP contribution in [-0.4, -0.2) is 58.6 Å². The molecule has 2 aliphatic heterocycles. The average Bonchev–Trinajstić information content (AvgIpc) is 2.70. The molecule has 0 saturated carbocycles. The standard InChI is InChI=1S/C26H25Cl2N3O3/c1-25(2,3)34-24(33)31-14-26(15-31)12-30(13-26)23(32)17-5-6-18(21(28)10-17)16-4-7-19-20(27)8-9-29-22(19)11-16/h4-11H,12-15H2,1-3H3. The Bertz CT molecular complexity index is 1300. The zero-order chi connectivity index (χ0) is 24.3. The Balaban J connectivity index is 1.24. The molecule has 0 bridgehead atoms. The monoisotopic (exact) mass is 497 g/mol. The van der Waals surface area contributed by atoms with Gasteiger partial charge in [0.1, 0.15) is 5.60 Å². The smallest absolute Gasteiger partial charge is 0.410 e. The summed E-state index contributed by atoms with van der Waals surface area (Å²) >= 11 is 12.8. The quantitative estimate of drug-likeness (QED) is 0.441. The Morgan fingerprint density at radius 3 is 2.32 bits per heavy atom. The fourth-order valence-corrected chi connectivity index (χ4v) is 5.18. The zero-order valence-electron chi connectivity index (χ0n) is 19.3. The molecule has 0 aliphatic carbocycles. The van der Waals surface area contributed by atoms with Gasteiger partial charge < -0.3 is 14.5 Å². The zero-order valence-corrected chi connectivity index (χ0v) is 20.8. The highest BCUT2D eigenvalue weighted by Crippen LogP contribution is 2.41. The molecule has 0 atom stereocenters. The van der Waals surface area contributed by atoms with Gasteiger partial charge in [0.2, 0.25) is 0 Å². The van der Waals surface area contributed by atoms with Crippen molar-refractivity contribution in [1.29, 1.82) is 0 Å². The molecule has 6 nitrogen and oxygen atoms in total. The number of likely N-dealkylation sites (tertiary alicyclic amines) is 2. The lowest BCUT2D eigenvalue weighted by atomic mass is 9.73. The Kier molecular flexibility index (Phi) is 5.49. The van der Waals surface area contributed by atoms with Crippen molar-refractivity contribution in [3.63, 3.8) is 0 Å². The van der Waals surface area contributed by atoms with Crippen molar-refractivity contribution in [3.8, 4) is 11.1 Å². The Labute approximate surface area is 208 Å². The summed E-state index contributed by atoms with van der Waals surface area (Å²) in [6.07, 6.45) is 1.38. The van der Waals surface area contributed by atoms with Crippen LogP contribution >= 0.6 is 23.2 Å². The number of hydrogen-bond donors (Lipinski definition) is 0. The largest absolute Gasteiger partial charge is 0.444 e. The molecule has 1 aromatic heterocycles. The molecule has 2 amide bonds. The summed E-state index contributed by atoms with van der Waals surface area (Å²) in [5.74, 6) is -0.0539. The normalized spacial score (nSPS) is 16.9. The van der Waals surface area contributed by atoms with E-state index in [2.05, 4.69) is 4.98 Å². The predicted molar refractivity (Wildman–Crippen MR) is 133 cm³/mol. The first kappa shape index (κ1) is 22.9. The van der Waals surface area contributed by atoms with Crippen LogP contribution in [0.5, 0.6) is 0 Å². The lowest BCUT2D eigenvalue weighted by Gasteiger charge is -2.59. The van der Waals surface area contributed by atoms with Gasteiger partial charge in [0.25, 0.3) is 5.91 Å². The fraction of sp³-hybridized carbons (Fsp3) is 0.346. The number of ether oxygens (including phenoxy) is 1. The molecule has 0 radical (unpaired) electrons. The first-order valence-corrected chi connectivity index (χ1v) is 11.9. The van der Waals surface area contributed by atoms with Gasteiger partial charge in [0.15, 0.2) is 0 Å². The summed E-state index contributed by atoms with van der Waals surface area (Å²) < 4.78 is 5.42. The third-order valence-electron chi connectivity index (χ3n) is 6.26. The van der Waals surface area contributed by atoms with Crippen molar-refractivity contribution in [2.75, 3.05) is 26.2 Å². The first-order valence-electron chi connectivity index (χ1n) is 11.2. The molecule has 176 valence electrons. The number of benzene rings is 2. The molecule has 3 aromatic rings. The molecule has 5 rings (SSSR count). The first-order chi connectivity index (χ1) is 16.0. The van der Waals surface area contributed by atoms with Crippen molar-refractivity contribution >= 4 is 46.1 Å². The predicted octanol–water partition coefficient (Wildman–Crippen LogP) is 5.90. The van der Waals surface area contributed by atoms with Crippen molar-refractivity contribution in [3.05, 3.63) is 64.3 Å². The number of hydrogen-bond acceptors (Lipinski definition) is 4. The molecule has 0 N–H and O–H groups in total. The number of pyridine rings is 1. The van der Waals surface area contributed by atoms with Gasteiger partial charge in [-0.1, -0.05) is 41.4 Å². The number of halogens is 2. The minimum atomic E-state index is -0.511. The van der Waals surface area contributed by atoms with Crippen LogP contribution in [0.4, 0.5) is 4.79 Å². The molecular formula is C26H25Cl2N3O3. The molecule has 34 heavy (non-hydrogen) atoms. The van der Waals surface area contributed by atoms with Gasteiger partial charge in [-0.3, -0.25) is 9.78 Å². The van der Waals surface area contributed by atoms with Crippen LogP contribution in [-0.2, 0) is 4.74 Å². The van der Waals surface area contributed by atoms with Gasteiger partial charge in [-0.25, -0.2) is 4.79 Å². The van der Waals surface area contributed by atoms with E-state index in [4.69, 9.17) is 27.9 Å². The molecule has 8 heteroatoms. The average molecular weight is 498 g/mol. The van der Waals surface area contributed by atoms with Crippen LogP contribution in [0.3, 0.4) is 0 Å². The van der Waals surface area contributed by atoms with Crippen LogP contribution in [0.2, 0.25) is 10.0 Å². The van der Waals surface area contributed by atoms with Crippen LogP contribution in [0.15, 0.2) is 48.7 Å². The number of amides is 2. The highest BCUT2D eigenvalue weighted by atomic mass is 35.5. The third kappa shape index (κ3) is 4.21. The van der Waals surface area contributed by atoms with Crippen LogP contribution in [0.25, 0.3) is 22.0 Å². The van der Waals surface area contributed by atoms with Crippen molar-refractivity contribution < 1.29 is 14.3 Å². The lowest BCUT2D eigenvalue weighted by molar-refractivity contribution is -0.0980. The van der Waals surface area contributed by atoms with Crippen molar-refractivity contribution in [2.24, 2.45) is 5.41 Å². The molecule has 2 aliphatic rings. The number of aromatic nitrogens is 1. The van der Waals surface area contributed by atoms with Gasteiger partial charge in [0, 0.05) is 59.3 Å². The maximum atomic E-state index is 13.0. The second-order valence-corrected chi connectivity index (χ2v) is 11.0.